The highest BCUT2D eigenvalue weighted by molar-refractivity contribution is 5.42. The lowest BCUT2D eigenvalue weighted by Crippen LogP contribution is -2.45. The molecular weight excluding hydrogens is 238 g/mol. The molecule has 1 aliphatic rings. The molecule has 2 rings (SSSR count). The van der Waals surface area contributed by atoms with Crippen LogP contribution in [-0.4, -0.2) is 41.8 Å². The van der Waals surface area contributed by atoms with Crippen LogP contribution in [0.1, 0.15) is 6.92 Å². The van der Waals surface area contributed by atoms with Crippen LogP contribution < -0.4 is 10.1 Å². The number of aromatic nitrogens is 1. The third kappa shape index (κ3) is 3.14. The summed E-state index contributed by atoms with van der Waals surface area (Å²) in [5.41, 5.74) is -0.130. The average molecular weight is 253 g/mol. The smallest absolute Gasteiger partial charge is 0.329 e. The molecule has 0 saturated carbocycles. The van der Waals surface area contributed by atoms with Crippen LogP contribution in [0.25, 0.3) is 0 Å². The van der Waals surface area contributed by atoms with Crippen molar-refractivity contribution in [3.05, 3.63) is 28.6 Å². The van der Waals surface area contributed by atoms with Crippen LogP contribution in [-0.2, 0) is 4.74 Å². The number of nitrogens with zero attached hydrogens (tertiary/aromatic N) is 2. The molecule has 0 bridgehead atoms. The largest absolute Gasteiger partial charge is 0.484 e. The molecule has 1 aromatic heterocycles. The van der Waals surface area contributed by atoms with E-state index in [2.05, 4.69) is 10.3 Å². The van der Waals surface area contributed by atoms with Gasteiger partial charge in [0.1, 0.15) is 18.9 Å². The molecule has 2 heterocycles. The standard InChI is InChI=1S/C11H15N3O4/c1-8-4-13-5-9(18-8)7-17-11-2-3-12-6-10(11)14(15)16/h2-3,6,8-9,13H,4-5,7H2,1H3. The fraction of sp³-hybridized carbons (Fsp3) is 0.545. The van der Waals surface area contributed by atoms with Crippen molar-refractivity contribution in [1.29, 1.82) is 0 Å². The zero-order chi connectivity index (χ0) is 13.0. The minimum atomic E-state index is -0.509. The van der Waals surface area contributed by atoms with Crippen molar-refractivity contribution in [2.45, 2.75) is 19.1 Å². The Balaban J connectivity index is 1.95. The third-order valence-electron chi connectivity index (χ3n) is 2.61. The Morgan fingerprint density at radius 3 is 3.22 bits per heavy atom. The molecule has 1 N–H and O–H groups in total. The van der Waals surface area contributed by atoms with Gasteiger partial charge in [-0.1, -0.05) is 0 Å². The van der Waals surface area contributed by atoms with Gasteiger partial charge in [0.2, 0.25) is 0 Å². The van der Waals surface area contributed by atoms with E-state index in [4.69, 9.17) is 9.47 Å². The summed E-state index contributed by atoms with van der Waals surface area (Å²) in [5.74, 6) is 0.219. The first-order valence-electron chi connectivity index (χ1n) is 5.74. The van der Waals surface area contributed by atoms with Gasteiger partial charge in [0.25, 0.3) is 0 Å². The number of hydrogen-bond donors (Lipinski definition) is 1. The summed E-state index contributed by atoms with van der Waals surface area (Å²) in [6.45, 7) is 3.74. The minimum Gasteiger partial charge on any atom is -0.484 e. The molecule has 2 atom stereocenters. The van der Waals surface area contributed by atoms with E-state index in [1.54, 1.807) is 0 Å². The van der Waals surface area contributed by atoms with Crippen molar-refractivity contribution in [2.24, 2.45) is 0 Å². The first kappa shape index (κ1) is 12.7. The van der Waals surface area contributed by atoms with Gasteiger partial charge in [-0.25, -0.2) is 0 Å². The van der Waals surface area contributed by atoms with Crippen LogP contribution >= 0.6 is 0 Å². The summed E-state index contributed by atoms with van der Waals surface area (Å²) >= 11 is 0. The molecule has 1 saturated heterocycles. The van der Waals surface area contributed by atoms with E-state index in [-0.39, 0.29) is 30.3 Å². The zero-order valence-electron chi connectivity index (χ0n) is 10.0. The van der Waals surface area contributed by atoms with Crippen molar-refractivity contribution in [3.8, 4) is 5.75 Å². The van der Waals surface area contributed by atoms with Crippen molar-refractivity contribution < 1.29 is 14.4 Å². The Kier molecular flexibility index (Phi) is 4.06. The second kappa shape index (κ2) is 5.74. The van der Waals surface area contributed by atoms with E-state index in [1.165, 1.54) is 18.5 Å². The molecule has 2 unspecified atom stereocenters. The lowest BCUT2D eigenvalue weighted by molar-refractivity contribution is -0.386. The molecule has 0 spiro atoms. The fourth-order valence-corrected chi connectivity index (χ4v) is 1.79. The Bertz CT molecular complexity index is 427. The number of pyridine rings is 1. The topological polar surface area (TPSA) is 86.5 Å². The van der Waals surface area contributed by atoms with Gasteiger partial charge in [0.15, 0.2) is 5.75 Å². The molecule has 7 nitrogen and oxygen atoms in total. The molecular formula is C11H15N3O4. The van der Waals surface area contributed by atoms with Crippen molar-refractivity contribution in [1.82, 2.24) is 10.3 Å². The molecule has 0 radical (unpaired) electrons. The second-order valence-electron chi connectivity index (χ2n) is 4.14. The lowest BCUT2D eigenvalue weighted by Gasteiger charge is -2.28. The summed E-state index contributed by atoms with van der Waals surface area (Å²) in [5, 5.41) is 14.0. The minimum absolute atomic E-state index is 0.0958. The van der Waals surface area contributed by atoms with Crippen molar-refractivity contribution in [3.63, 3.8) is 0 Å². The first-order valence-corrected chi connectivity index (χ1v) is 5.74. The molecule has 0 aliphatic carbocycles. The number of ether oxygens (including phenoxy) is 2. The van der Waals surface area contributed by atoms with Crippen LogP contribution in [0.15, 0.2) is 18.5 Å². The average Bonchev–Trinajstić information content (AvgIpc) is 2.37. The summed E-state index contributed by atoms with van der Waals surface area (Å²) in [6.07, 6.45) is 2.67. The zero-order valence-corrected chi connectivity index (χ0v) is 10.0. The van der Waals surface area contributed by atoms with Gasteiger partial charge in [0.05, 0.1) is 11.0 Å². The molecule has 1 aliphatic heterocycles. The van der Waals surface area contributed by atoms with E-state index >= 15 is 0 Å². The van der Waals surface area contributed by atoms with E-state index in [0.717, 1.165) is 6.54 Å². The van der Waals surface area contributed by atoms with Gasteiger partial charge in [-0.05, 0) is 6.92 Å². The SMILES string of the molecule is CC1CNCC(COc2ccncc2[N+](=O)[O-])O1. The highest BCUT2D eigenvalue weighted by atomic mass is 16.6. The summed E-state index contributed by atoms with van der Waals surface area (Å²) in [4.78, 5) is 14.0. The van der Waals surface area contributed by atoms with Crippen LogP contribution in [0, 0.1) is 10.1 Å². The number of nitro groups is 1. The number of hydrogen-bond acceptors (Lipinski definition) is 6. The van der Waals surface area contributed by atoms with Gasteiger partial charge in [0, 0.05) is 25.4 Å². The normalized spacial score (nSPS) is 23.6. The predicted molar refractivity (Wildman–Crippen MR) is 63.6 cm³/mol. The highest BCUT2D eigenvalue weighted by Crippen LogP contribution is 2.24. The first-order chi connectivity index (χ1) is 8.66. The molecule has 0 aromatic carbocycles. The Labute approximate surface area is 104 Å². The summed E-state index contributed by atoms with van der Waals surface area (Å²) in [7, 11) is 0. The van der Waals surface area contributed by atoms with Gasteiger partial charge in [-0.15, -0.1) is 0 Å². The van der Waals surface area contributed by atoms with E-state index in [9.17, 15) is 10.1 Å². The van der Waals surface area contributed by atoms with Gasteiger partial charge < -0.3 is 14.8 Å². The molecule has 18 heavy (non-hydrogen) atoms. The van der Waals surface area contributed by atoms with Crippen LogP contribution in [0.2, 0.25) is 0 Å². The maximum atomic E-state index is 10.8. The van der Waals surface area contributed by atoms with Gasteiger partial charge in [-0.2, -0.15) is 0 Å². The second-order valence-corrected chi connectivity index (χ2v) is 4.14. The molecule has 1 fully saturated rings. The Morgan fingerprint density at radius 1 is 1.67 bits per heavy atom. The summed E-state index contributed by atoms with van der Waals surface area (Å²) in [6, 6.07) is 1.48. The lowest BCUT2D eigenvalue weighted by atomic mass is 10.2. The highest BCUT2D eigenvalue weighted by Gasteiger charge is 2.21. The van der Waals surface area contributed by atoms with E-state index < -0.39 is 4.92 Å². The van der Waals surface area contributed by atoms with Crippen LogP contribution in [0.3, 0.4) is 0 Å². The van der Waals surface area contributed by atoms with Crippen LogP contribution in [0.4, 0.5) is 5.69 Å². The van der Waals surface area contributed by atoms with Gasteiger partial charge in [-0.3, -0.25) is 15.1 Å². The molecule has 0 amide bonds. The molecule has 7 heteroatoms. The maximum Gasteiger partial charge on any atom is 0.329 e. The van der Waals surface area contributed by atoms with Crippen molar-refractivity contribution >= 4 is 5.69 Å². The van der Waals surface area contributed by atoms with Crippen molar-refractivity contribution in [2.75, 3.05) is 19.7 Å². The number of rotatable bonds is 4. The molecule has 98 valence electrons. The van der Waals surface area contributed by atoms with Crippen LogP contribution in [0.5, 0.6) is 5.75 Å². The molecule has 1 aromatic rings. The van der Waals surface area contributed by atoms with E-state index in [1.807, 2.05) is 6.92 Å². The monoisotopic (exact) mass is 253 g/mol. The quantitative estimate of drug-likeness (QED) is 0.629. The number of nitrogens with one attached hydrogen (secondary N) is 1. The van der Waals surface area contributed by atoms with Gasteiger partial charge >= 0.3 is 5.69 Å². The van der Waals surface area contributed by atoms with E-state index in [0.29, 0.717) is 6.54 Å². The maximum absolute atomic E-state index is 10.8. The Morgan fingerprint density at radius 2 is 2.50 bits per heavy atom. The Hall–Kier alpha value is -1.73. The fourth-order valence-electron chi connectivity index (χ4n) is 1.79. The predicted octanol–water partition coefficient (Wildman–Crippen LogP) is 0.745. The summed E-state index contributed by atoms with van der Waals surface area (Å²) < 4.78 is 11.1. The third-order valence-corrected chi connectivity index (χ3v) is 2.61. The number of morpholine rings is 1.